The quantitative estimate of drug-likeness (QED) is 0.442. The molecule has 4 N–H and O–H groups in total. The van der Waals surface area contributed by atoms with Crippen molar-refractivity contribution < 1.29 is 24.6 Å². The molecular formula is C9H17N3O5. The monoisotopic (exact) mass is 247 g/mol. The molecule has 98 valence electrons. The molecule has 0 aliphatic rings. The van der Waals surface area contributed by atoms with Crippen molar-refractivity contribution in [3.63, 3.8) is 0 Å². The topological polar surface area (TPSA) is 119 Å². The number of aliphatic hydroxyl groups is 1. The Bertz CT molecular complexity index is 292. The largest absolute Gasteiger partial charge is 0.479 e. The van der Waals surface area contributed by atoms with Gasteiger partial charge in [-0.15, -0.1) is 0 Å². The number of carboxylic acid groups (broad SMARTS) is 1. The number of carbonyl (C=O) groups excluding carboxylic acids is 2. The van der Waals surface area contributed by atoms with Crippen LogP contribution < -0.4 is 10.6 Å². The van der Waals surface area contributed by atoms with Crippen LogP contribution in [0.5, 0.6) is 0 Å². The number of hydrogen-bond acceptors (Lipinski definition) is 4. The molecule has 0 spiro atoms. The van der Waals surface area contributed by atoms with Crippen molar-refractivity contribution in [3.05, 3.63) is 0 Å². The van der Waals surface area contributed by atoms with Gasteiger partial charge in [0.2, 0.25) is 5.91 Å². The Labute approximate surface area is 98.6 Å². The van der Waals surface area contributed by atoms with Gasteiger partial charge in [-0.2, -0.15) is 0 Å². The molecule has 0 aromatic carbocycles. The molecule has 0 aromatic heterocycles. The number of hydrogen-bond donors (Lipinski definition) is 4. The zero-order valence-electron chi connectivity index (χ0n) is 9.77. The predicted octanol–water partition coefficient (Wildman–Crippen LogP) is -1.79. The third-order valence-corrected chi connectivity index (χ3v) is 1.89. The summed E-state index contributed by atoms with van der Waals surface area (Å²) in [5, 5.41) is 21.9. The highest BCUT2D eigenvalue weighted by molar-refractivity contribution is 5.83. The van der Waals surface area contributed by atoms with Gasteiger partial charge >= 0.3 is 12.0 Å². The Kier molecular flexibility index (Phi) is 6.64. The number of aliphatic carboxylic acids is 1. The van der Waals surface area contributed by atoms with Crippen LogP contribution in [0.1, 0.15) is 6.42 Å². The molecule has 0 aromatic rings. The molecule has 8 nitrogen and oxygen atoms in total. The molecule has 0 fully saturated rings. The van der Waals surface area contributed by atoms with Gasteiger partial charge in [0.05, 0.1) is 6.54 Å². The highest BCUT2D eigenvalue weighted by Gasteiger charge is 2.13. The van der Waals surface area contributed by atoms with E-state index in [0.29, 0.717) is 0 Å². The summed E-state index contributed by atoms with van der Waals surface area (Å²) < 4.78 is 0. The van der Waals surface area contributed by atoms with Gasteiger partial charge in [0.15, 0.2) is 6.10 Å². The maximum Gasteiger partial charge on any atom is 0.332 e. The number of nitrogens with zero attached hydrogens (tertiary/aromatic N) is 1. The molecule has 17 heavy (non-hydrogen) atoms. The third kappa shape index (κ3) is 7.12. The number of nitrogens with one attached hydrogen (secondary N) is 2. The molecule has 0 unspecified atom stereocenters. The number of likely N-dealkylation sites (N-methyl/N-ethyl adjacent to an activating group) is 1. The van der Waals surface area contributed by atoms with Gasteiger partial charge in [0, 0.05) is 27.1 Å². The van der Waals surface area contributed by atoms with Crippen LogP contribution in [0.4, 0.5) is 4.79 Å². The normalized spacial score (nSPS) is 11.5. The molecule has 0 aliphatic heterocycles. The molecular weight excluding hydrogens is 230 g/mol. The van der Waals surface area contributed by atoms with Crippen molar-refractivity contribution >= 4 is 17.9 Å². The molecule has 8 heteroatoms. The van der Waals surface area contributed by atoms with Crippen molar-refractivity contribution in [1.29, 1.82) is 0 Å². The van der Waals surface area contributed by atoms with E-state index in [0.717, 1.165) is 0 Å². The second-order valence-corrected chi connectivity index (χ2v) is 3.54. The fourth-order valence-electron chi connectivity index (χ4n) is 0.822. The van der Waals surface area contributed by atoms with Crippen molar-refractivity contribution in [1.82, 2.24) is 15.5 Å². The first-order valence-corrected chi connectivity index (χ1v) is 4.97. The average Bonchev–Trinajstić information content (AvgIpc) is 2.25. The fraction of sp³-hybridized carbons (Fsp3) is 0.667. The number of rotatable bonds is 6. The van der Waals surface area contributed by atoms with Crippen LogP contribution in [0.2, 0.25) is 0 Å². The molecule has 0 saturated carbocycles. The lowest BCUT2D eigenvalue weighted by molar-refractivity contribution is -0.146. The van der Waals surface area contributed by atoms with E-state index < -0.39 is 18.1 Å². The van der Waals surface area contributed by atoms with Crippen LogP contribution in [-0.2, 0) is 9.59 Å². The molecule has 0 radical (unpaired) electrons. The summed E-state index contributed by atoms with van der Waals surface area (Å²) in [5.74, 6) is -1.60. The van der Waals surface area contributed by atoms with Crippen molar-refractivity contribution in [2.75, 3.05) is 27.2 Å². The number of carboxylic acids is 1. The van der Waals surface area contributed by atoms with Crippen LogP contribution >= 0.6 is 0 Å². The molecule has 3 amide bonds. The number of carbonyl (C=O) groups is 3. The van der Waals surface area contributed by atoms with E-state index in [2.05, 4.69) is 10.6 Å². The second kappa shape index (κ2) is 7.44. The zero-order valence-corrected chi connectivity index (χ0v) is 9.77. The average molecular weight is 247 g/mol. The van der Waals surface area contributed by atoms with E-state index in [-0.39, 0.29) is 25.4 Å². The van der Waals surface area contributed by atoms with Crippen LogP contribution in [0.15, 0.2) is 0 Å². The molecule has 1 atom stereocenters. The summed E-state index contributed by atoms with van der Waals surface area (Å²) in [7, 11) is 3.12. The first-order valence-electron chi connectivity index (χ1n) is 4.97. The van der Waals surface area contributed by atoms with Gasteiger partial charge in [-0.1, -0.05) is 0 Å². The Morgan fingerprint density at radius 2 is 1.82 bits per heavy atom. The Balaban J connectivity index is 3.67. The minimum absolute atomic E-state index is 0.00938. The molecule has 0 rings (SSSR count). The maximum atomic E-state index is 11.1. The maximum absolute atomic E-state index is 11.1. The van der Waals surface area contributed by atoms with Crippen LogP contribution in [0, 0.1) is 0 Å². The second-order valence-electron chi connectivity index (χ2n) is 3.54. The minimum Gasteiger partial charge on any atom is -0.479 e. The highest BCUT2D eigenvalue weighted by Crippen LogP contribution is 1.88. The summed E-state index contributed by atoms with van der Waals surface area (Å²) in [6, 6.07) is -0.585. The summed E-state index contributed by atoms with van der Waals surface area (Å²) in [6.07, 6.45) is -1.59. The van der Waals surface area contributed by atoms with E-state index in [1.54, 1.807) is 14.1 Å². The standard InChI is InChI=1S/C9H17N3O5/c1-12(2)7(14)5-11-9(17)10-4-3-6(13)8(15)16/h6,13H,3-5H2,1-2H3,(H,15,16)(H2,10,11,17)/t6-/m0/s1. The van der Waals surface area contributed by atoms with Gasteiger partial charge in [-0.05, 0) is 0 Å². The van der Waals surface area contributed by atoms with Crippen molar-refractivity contribution in [3.8, 4) is 0 Å². The fourth-order valence-corrected chi connectivity index (χ4v) is 0.822. The predicted molar refractivity (Wildman–Crippen MR) is 58.4 cm³/mol. The van der Waals surface area contributed by atoms with Gasteiger partial charge in [-0.25, -0.2) is 9.59 Å². The number of aliphatic hydroxyl groups excluding tert-OH is 1. The third-order valence-electron chi connectivity index (χ3n) is 1.89. The minimum atomic E-state index is -1.50. The van der Waals surface area contributed by atoms with E-state index >= 15 is 0 Å². The van der Waals surface area contributed by atoms with E-state index in [4.69, 9.17) is 10.2 Å². The smallest absolute Gasteiger partial charge is 0.332 e. The van der Waals surface area contributed by atoms with Gasteiger partial charge < -0.3 is 25.7 Å². The van der Waals surface area contributed by atoms with E-state index in [9.17, 15) is 14.4 Å². The van der Waals surface area contributed by atoms with Crippen LogP contribution in [-0.4, -0.2) is 66.3 Å². The number of urea groups is 1. The van der Waals surface area contributed by atoms with Crippen molar-refractivity contribution in [2.24, 2.45) is 0 Å². The highest BCUT2D eigenvalue weighted by atomic mass is 16.4. The SMILES string of the molecule is CN(C)C(=O)CNC(=O)NCC[C@H](O)C(=O)O. The first-order chi connectivity index (χ1) is 7.84. The van der Waals surface area contributed by atoms with Crippen LogP contribution in [0.3, 0.4) is 0 Å². The number of amides is 3. The summed E-state index contributed by atoms with van der Waals surface area (Å²) >= 11 is 0. The lowest BCUT2D eigenvalue weighted by Gasteiger charge is -2.12. The zero-order chi connectivity index (χ0) is 13.4. The lowest BCUT2D eigenvalue weighted by Crippen LogP contribution is -2.42. The summed E-state index contributed by atoms with van der Waals surface area (Å²) in [5.41, 5.74) is 0. The molecule has 0 bridgehead atoms. The van der Waals surface area contributed by atoms with Gasteiger partial charge in [0.25, 0.3) is 0 Å². The Morgan fingerprint density at radius 1 is 1.24 bits per heavy atom. The first kappa shape index (κ1) is 15.2. The molecule has 0 heterocycles. The van der Waals surface area contributed by atoms with Crippen molar-refractivity contribution in [2.45, 2.75) is 12.5 Å². The Morgan fingerprint density at radius 3 is 2.29 bits per heavy atom. The lowest BCUT2D eigenvalue weighted by atomic mass is 10.2. The summed E-state index contributed by atoms with van der Waals surface area (Å²) in [6.45, 7) is -0.129. The van der Waals surface area contributed by atoms with E-state index in [1.807, 2.05) is 0 Å². The molecule has 0 saturated heterocycles. The van der Waals surface area contributed by atoms with E-state index in [1.165, 1.54) is 4.90 Å². The summed E-state index contributed by atoms with van der Waals surface area (Å²) in [4.78, 5) is 33.7. The Hall–Kier alpha value is -1.83. The van der Waals surface area contributed by atoms with Gasteiger partial charge in [-0.3, -0.25) is 4.79 Å². The van der Waals surface area contributed by atoms with Crippen LogP contribution in [0.25, 0.3) is 0 Å². The molecule has 0 aliphatic carbocycles. The van der Waals surface area contributed by atoms with Gasteiger partial charge in [0.1, 0.15) is 0 Å².